The minimum absolute atomic E-state index is 0.141. The first-order valence-corrected chi connectivity index (χ1v) is 7.03. The highest BCUT2D eigenvalue weighted by molar-refractivity contribution is 5.94. The summed E-state index contributed by atoms with van der Waals surface area (Å²) in [6.07, 6.45) is -3.30. The van der Waals surface area contributed by atoms with E-state index in [0.29, 0.717) is 24.3 Å². The molecule has 0 radical (unpaired) electrons. The van der Waals surface area contributed by atoms with Crippen LogP contribution in [-0.2, 0) is 6.18 Å². The molecule has 124 valence electrons. The van der Waals surface area contributed by atoms with Crippen LogP contribution >= 0.6 is 0 Å². The summed E-state index contributed by atoms with van der Waals surface area (Å²) in [5, 5.41) is 6.21. The molecule has 3 N–H and O–H groups in total. The van der Waals surface area contributed by atoms with E-state index in [1.165, 1.54) is 12.3 Å². The third kappa shape index (κ3) is 4.32. The van der Waals surface area contributed by atoms with Crippen molar-refractivity contribution < 1.29 is 18.0 Å². The Morgan fingerprint density at radius 1 is 1.39 bits per heavy atom. The molecular formula is C15H17F3N4O. The number of aromatic nitrogens is 2. The Labute approximate surface area is 131 Å². The molecule has 1 heterocycles. The topological polar surface area (TPSA) is 72.9 Å². The second-order valence-corrected chi connectivity index (χ2v) is 5.24. The van der Waals surface area contributed by atoms with Gasteiger partial charge < -0.3 is 11.1 Å². The fourth-order valence-electron chi connectivity index (χ4n) is 1.86. The lowest BCUT2D eigenvalue weighted by molar-refractivity contribution is -0.141. The molecule has 0 fully saturated rings. The van der Waals surface area contributed by atoms with Crippen LogP contribution in [0.25, 0.3) is 5.69 Å². The molecule has 5 nitrogen and oxygen atoms in total. The number of carbonyl (C=O) groups is 1. The number of nitrogens with one attached hydrogen (secondary N) is 1. The lowest BCUT2D eigenvalue weighted by atomic mass is 10.1. The first kappa shape index (κ1) is 17.0. The molecule has 0 aliphatic rings. The number of hydrogen-bond acceptors (Lipinski definition) is 3. The third-order valence-corrected chi connectivity index (χ3v) is 3.27. The maximum atomic E-state index is 12.6. The van der Waals surface area contributed by atoms with E-state index >= 15 is 0 Å². The molecule has 0 saturated heterocycles. The number of carbonyl (C=O) groups excluding carboxylic acids is 1. The van der Waals surface area contributed by atoms with Gasteiger partial charge in [-0.15, -0.1) is 0 Å². The fourth-order valence-corrected chi connectivity index (χ4v) is 1.86. The first-order valence-electron chi connectivity index (χ1n) is 7.03. The van der Waals surface area contributed by atoms with Gasteiger partial charge in [0, 0.05) is 18.3 Å². The number of halogens is 3. The van der Waals surface area contributed by atoms with Crippen LogP contribution in [0.2, 0.25) is 0 Å². The summed E-state index contributed by atoms with van der Waals surface area (Å²) in [7, 11) is 0. The lowest BCUT2D eigenvalue weighted by Gasteiger charge is -2.11. The largest absolute Gasteiger partial charge is 0.435 e. The molecule has 0 saturated carbocycles. The smallest absolute Gasteiger partial charge is 0.352 e. The molecule has 0 aliphatic carbocycles. The van der Waals surface area contributed by atoms with Gasteiger partial charge in [-0.2, -0.15) is 18.3 Å². The molecule has 2 aromatic rings. The van der Waals surface area contributed by atoms with E-state index in [1.54, 1.807) is 18.2 Å². The van der Waals surface area contributed by atoms with Crippen molar-refractivity contribution >= 4 is 5.91 Å². The van der Waals surface area contributed by atoms with Crippen molar-refractivity contribution in [3.63, 3.8) is 0 Å². The van der Waals surface area contributed by atoms with Gasteiger partial charge in [-0.05, 0) is 36.7 Å². The number of alkyl halides is 3. The van der Waals surface area contributed by atoms with E-state index in [4.69, 9.17) is 5.73 Å². The van der Waals surface area contributed by atoms with Gasteiger partial charge >= 0.3 is 6.18 Å². The second-order valence-electron chi connectivity index (χ2n) is 5.24. The van der Waals surface area contributed by atoms with Crippen molar-refractivity contribution in [3.05, 3.63) is 47.8 Å². The average Bonchev–Trinajstić information content (AvgIpc) is 3.02. The predicted molar refractivity (Wildman–Crippen MR) is 79.1 cm³/mol. The number of amides is 1. The predicted octanol–water partition coefficient (Wildman–Crippen LogP) is 2.22. The van der Waals surface area contributed by atoms with Crippen LogP contribution < -0.4 is 11.1 Å². The van der Waals surface area contributed by atoms with Crippen LogP contribution in [0.3, 0.4) is 0 Å². The zero-order chi connectivity index (χ0) is 17.0. The number of rotatable bonds is 5. The zero-order valence-electron chi connectivity index (χ0n) is 12.5. The monoisotopic (exact) mass is 326 g/mol. The van der Waals surface area contributed by atoms with Gasteiger partial charge in [-0.3, -0.25) is 4.79 Å². The minimum atomic E-state index is -4.50. The summed E-state index contributed by atoms with van der Waals surface area (Å²) < 4.78 is 38.8. The van der Waals surface area contributed by atoms with Gasteiger partial charge in [-0.25, -0.2) is 4.68 Å². The van der Waals surface area contributed by atoms with Gasteiger partial charge in [0.25, 0.3) is 5.91 Å². The number of hydrogen-bond donors (Lipinski definition) is 2. The summed E-state index contributed by atoms with van der Waals surface area (Å²) in [5.74, 6) is -0.169. The van der Waals surface area contributed by atoms with E-state index in [0.717, 1.165) is 10.7 Å². The molecule has 1 unspecified atom stereocenters. The quantitative estimate of drug-likeness (QED) is 0.885. The Kier molecular flexibility index (Phi) is 5.05. The Bertz CT molecular complexity index is 681. The minimum Gasteiger partial charge on any atom is -0.352 e. The van der Waals surface area contributed by atoms with Crippen LogP contribution in [-0.4, -0.2) is 28.8 Å². The molecule has 0 bridgehead atoms. The highest BCUT2D eigenvalue weighted by Crippen LogP contribution is 2.27. The normalized spacial score (nSPS) is 12.9. The Morgan fingerprint density at radius 3 is 2.74 bits per heavy atom. The third-order valence-electron chi connectivity index (χ3n) is 3.27. The van der Waals surface area contributed by atoms with Gasteiger partial charge in [0.15, 0.2) is 5.69 Å². The number of benzene rings is 1. The van der Waals surface area contributed by atoms with E-state index in [9.17, 15) is 18.0 Å². The van der Waals surface area contributed by atoms with Crippen molar-refractivity contribution in [2.24, 2.45) is 11.7 Å². The maximum Gasteiger partial charge on any atom is 0.435 e. The maximum absolute atomic E-state index is 12.6. The average molecular weight is 326 g/mol. The molecule has 0 spiro atoms. The highest BCUT2D eigenvalue weighted by Gasteiger charge is 2.33. The van der Waals surface area contributed by atoms with Gasteiger partial charge in [0.1, 0.15) is 0 Å². The van der Waals surface area contributed by atoms with Crippen LogP contribution in [0.5, 0.6) is 0 Å². The summed E-state index contributed by atoms with van der Waals surface area (Å²) >= 11 is 0. The van der Waals surface area contributed by atoms with Crippen LogP contribution in [0.1, 0.15) is 23.0 Å². The van der Waals surface area contributed by atoms with Gasteiger partial charge in [-0.1, -0.05) is 13.0 Å². The van der Waals surface area contributed by atoms with Gasteiger partial charge in [0.2, 0.25) is 0 Å². The Hall–Kier alpha value is -2.35. The van der Waals surface area contributed by atoms with E-state index < -0.39 is 11.9 Å². The SMILES string of the molecule is CC(CN)CNC(=O)c1cccc(-n2ccc(C(F)(F)F)n2)c1. The van der Waals surface area contributed by atoms with Crippen molar-refractivity contribution in [3.8, 4) is 5.69 Å². The van der Waals surface area contributed by atoms with E-state index in [-0.39, 0.29) is 11.8 Å². The number of nitrogens with zero attached hydrogens (tertiary/aromatic N) is 2. The van der Waals surface area contributed by atoms with E-state index in [1.807, 2.05) is 6.92 Å². The van der Waals surface area contributed by atoms with Crippen molar-refractivity contribution in [2.75, 3.05) is 13.1 Å². The molecule has 0 aliphatic heterocycles. The standard InChI is InChI=1S/C15H17F3N4O/c1-10(8-19)9-20-14(23)11-3-2-4-12(7-11)22-6-5-13(21-22)15(16,17)18/h2-7,10H,8-9,19H2,1H3,(H,20,23). The van der Waals surface area contributed by atoms with Crippen molar-refractivity contribution in [1.82, 2.24) is 15.1 Å². The first-order chi connectivity index (χ1) is 10.8. The summed E-state index contributed by atoms with van der Waals surface area (Å²) in [6, 6.07) is 7.11. The summed E-state index contributed by atoms with van der Waals surface area (Å²) in [5.41, 5.74) is 5.22. The molecule has 23 heavy (non-hydrogen) atoms. The highest BCUT2D eigenvalue weighted by atomic mass is 19.4. The zero-order valence-corrected chi connectivity index (χ0v) is 12.5. The van der Waals surface area contributed by atoms with Gasteiger partial charge in [0.05, 0.1) is 5.69 Å². The summed E-state index contributed by atoms with van der Waals surface area (Å²) in [6.45, 7) is 2.78. The molecule has 8 heteroatoms. The molecule has 1 amide bonds. The summed E-state index contributed by atoms with van der Waals surface area (Å²) in [4.78, 5) is 12.1. The van der Waals surface area contributed by atoms with Crippen molar-refractivity contribution in [2.45, 2.75) is 13.1 Å². The molecular weight excluding hydrogens is 309 g/mol. The second kappa shape index (κ2) is 6.82. The molecule has 2 rings (SSSR count). The lowest BCUT2D eigenvalue weighted by Crippen LogP contribution is -2.31. The van der Waals surface area contributed by atoms with Crippen LogP contribution in [0.15, 0.2) is 36.5 Å². The van der Waals surface area contributed by atoms with Crippen LogP contribution in [0, 0.1) is 5.92 Å². The Morgan fingerprint density at radius 2 is 2.13 bits per heavy atom. The molecule has 1 aromatic heterocycles. The molecule has 1 aromatic carbocycles. The van der Waals surface area contributed by atoms with E-state index in [2.05, 4.69) is 10.4 Å². The fraction of sp³-hybridized carbons (Fsp3) is 0.333. The van der Waals surface area contributed by atoms with Crippen molar-refractivity contribution in [1.29, 1.82) is 0 Å². The van der Waals surface area contributed by atoms with Crippen LogP contribution in [0.4, 0.5) is 13.2 Å². The number of nitrogens with two attached hydrogens (primary N) is 1. The molecule has 1 atom stereocenters. The Balaban J connectivity index is 2.16.